The fraction of sp³-hybridized carbons (Fsp3) is 0.750. The van der Waals surface area contributed by atoms with Crippen LogP contribution in [0.25, 0.3) is 0 Å². The maximum atomic E-state index is 5.30. The van der Waals surface area contributed by atoms with E-state index in [1.807, 2.05) is 13.8 Å². The zero-order chi connectivity index (χ0) is 7.61. The highest BCUT2D eigenvalue weighted by Crippen LogP contribution is 2.19. The van der Waals surface area contributed by atoms with Crippen molar-refractivity contribution in [2.45, 2.75) is 19.6 Å². The molecule has 1 saturated heterocycles. The van der Waals surface area contributed by atoms with Crippen LogP contribution in [-0.4, -0.2) is 19.0 Å². The largest absolute Gasteiger partial charge is 0.349 e. The second-order valence-corrected chi connectivity index (χ2v) is 2.89. The standard InChI is InChI=1S/C8H12O2/c1-4-7-5-9-8(2,3)10-6-7/h1,7H,5-6H2,2-3H3. The molecule has 1 aliphatic rings. The van der Waals surface area contributed by atoms with E-state index < -0.39 is 5.79 Å². The van der Waals surface area contributed by atoms with Gasteiger partial charge in [-0.1, -0.05) is 5.92 Å². The third-order valence-corrected chi connectivity index (χ3v) is 1.50. The molecule has 0 amide bonds. The van der Waals surface area contributed by atoms with Crippen molar-refractivity contribution in [3.05, 3.63) is 0 Å². The molecule has 0 N–H and O–H groups in total. The van der Waals surface area contributed by atoms with Gasteiger partial charge in [-0.15, -0.1) is 6.42 Å². The summed E-state index contributed by atoms with van der Waals surface area (Å²) in [4.78, 5) is 0. The van der Waals surface area contributed by atoms with Crippen LogP contribution in [0.5, 0.6) is 0 Å². The van der Waals surface area contributed by atoms with Gasteiger partial charge in [-0.3, -0.25) is 0 Å². The number of rotatable bonds is 0. The van der Waals surface area contributed by atoms with E-state index in [1.54, 1.807) is 0 Å². The van der Waals surface area contributed by atoms with Crippen LogP contribution >= 0.6 is 0 Å². The van der Waals surface area contributed by atoms with E-state index in [9.17, 15) is 0 Å². The van der Waals surface area contributed by atoms with E-state index in [0.29, 0.717) is 13.2 Å². The number of terminal acetylenes is 1. The molecule has 10 heavy (non-hydrogen) atoms. The van der Waals surface area contributed by atoms with Gasteiger partial charge in [-0.2, -0.15) is 0 Å². The molecule has 1 heterocycles. The quantitative estimate of drug-likeness (QED) is 0.468. The van der Waals surface area contributed by atoms with Crippen LogP contribution < -0.4 is 0 Å². The van der Waals surface area contributed by atoms with Gasteiger partial charge >= 0.3 is 0 Å². The Morgan fingerprint density at radius 2 is 1.90 bits per heavy atom. The minimum Gasteiger partial charge on any atom is -0.349 e. The molecule has 0 aromatic heterocycles. The summed E-state index contributed by atoms with van der Waals surface area (Å²) in [7, 11) is 0. The van der Waals surface area contributed by atoms with Gasteiger partial charge in [0.15, 0.2) is 5.79 Å². The van der Waals surface area contributed by atoms with Crippen molar-refractivity contribution in [1.29, 1.82) is 0 Å². The van der Waals surface area contributed by atoms with Gasteiger partial charge in [0, 0.05) is 0 Å². The van der Waals surface area contributed by atoms with E-state index >= 15 is 0 Å². The van der Waals surface area contributed by atoms with Crippen LogP contribution in [0.4, 0.5) is 0 Å². The first kappa shape index (κ1) is 7.59. The topological polar surface area (TPSA) is 18.5 Å². The van der Waals surface area contributed by atoms with E-state index in [0.717, 1.165) is 0 Å². The van der Waals surface area contributed by atoms with Crippen molar-refractivity contribution in [2.24, 2.45) is 5.92 Å². The summed E-state index contributed by atoms with van der Waals surface area (Å²) >= 11 is 0. The molecular formula is C8H12O2. The normalized spacial score (nSPS) is 25.7. The molecule has 0 unspecified atom stereocenters. The molecule has 0 aromatic rings. The fourth-order valence-corrected chi connectivity index (χ4v) is 0.789. The molecule has 0 spiro atoms. The van der Waals surface area contributed by atoms with Gasteiger partial charge < -0.3 is 9.47 Å². The maximum absolute atomic E-state index is 5.30. The zero-order valence-corrected chi connectivity index (χ0v) is 6.39. The lowest BCUT2D eigenvalue weighted by molar-refractivity contribution is -0.254. The molecule has 2 nitrogen and oxygen atoms in total. The molecule has 0 radical (unpaired) electrons. The Balaban J connectivity index is 2.40. The van der Waals surface area contributed by atoms with Crippen molar-refractivity contribution in [2.75, 3.05) is 13.2 Å². The summed E-state index contributed by atoms with van der Waals surface area (Å²) in [5.74, 6) is 2.29. The van der Waals surface area contributed by atoms with E-state index in [2.05, 4.69) is 5.92 Å². The minimum absolute atomic E-state index is 0.132. The summed E-state index contributed by atoms with van der Waals surface area (Å²) in [6, 6.07) is 0. The lowest BCUT2D eigenvalue weighted by Gasteiger charge is -2.32. The van der Waals surface area contributed by atoms with Crippen LogP contribution in [-0.2, 0) is 9.47 Å². The Morgan fingerprint density at radius 1 is 1.40 bits per heavy atom. The van der Waals surface area contributed by atoms with Crippen LogP contribution in [0.1, 0.15) is 13.8 Å². The van der Waals surface area contributed by atoms with Crippen LogP contribution in [0.3, 0.4) is 0 Å². The average Bonchev–Trinajstić information content (AvgIpc) is 1.88. The molecule has 0 bridgehead atoms. The average molecular weight is 140 g/mol. The first-order valence-electron chi connectivity index (χ1n) is 3.38. The summed E-state index contributed by atoms with van der Waals surface area (Å²) < 4.78 is 10.6. The zero-order valence-electron chi connectivity index (χ0n) is 6.39. The van der Waals surface area contributed by atoms with Crippen molar-refractivity contribution in [1.82, 2.24) is 0 Å². The highest BCUT2D eigenvalue weighted by atomic mass is 16.7. The summed E-state index contributed by atoms with van der Waals surface area (Å²) in [5, 5.41) is 0. The smallest absolute Gasteiger partial charge is 0.162 e. The molecule has 1 aliphatic heterocycles. The van der Waals surface area contributed by atoms with Gasteiger partial charge in [0.1, 0.15) is 0 Å². The van der Waals surface area contributed by atoms with Gasteiger partial charge in [0.05, 0.1) is 19.1 Å². The van der Waals surface area contributed by atoms with Crippen molar-refractivity contribution in [3.8, 4) is 12.3 Å². The van der Waals surface area contributed by atoms with Gasteiger partial charge in [-0.05, 0) is 13.8 Å². The van der Waals surface area contributed by atoms with Crippen molar-refractivity contribution < 1.29 is 9.47 Å². The molecule has 1 fully saturated rings. The maximum Gasteiger partial charge on any atom is 0.162 e. The third-order valence-electron chi connectivity index (χ3n) is 1.50. The molecular weight excluding hydrogens is 128 g/mol. The molecule has 0 aliphatic carbocycles. The highest BCUT2D eigenvalue weighted by molar-refractivity contribution is 4.94. The van der Waals surface area contributed by atoms with E-state index in [-0.39, 0.29) is 5.92 Å². The van der Waals surface area contributed by atoms with Gasteiger partial charge in [0.25, 0.3) is 0 Å². The Hall–Kier alpha value is -0.520. The Labute approximate surface area is 61.5 Å². The molecule has 2 heteroatoms. The highest BCUT2D eigenvalue weighted by Gasteiger charge is 2.26. The van der Waals surface area contributed by atoms with E-state index in [1.165, 1.54) is 0 Å². The second-order valence-electron chi connectivity index (χ2n) is 2.89. The molecule has 0 saturated carbocycles. The minimum atomic E-state index is -0.437. The van der Waals surface area contributed by atoms with Crippen LogP contribution in [0, 0.1) is 18.3 Å². The predicted molar refractivity (Wildman–Crippen MR) is 38.3 cm³/mol. The van der Waals surface area contributed by atoms with Gasteiger partial charge in [0.2, 0.25) is 0 Å². The van der Waals surface area contributed by atoms with Crippen LogP contribution in [0.15, 0.2) is 0 Å². The Morgan fingerprint density at radius 3 is 2.30 bits per heavy atom. The number of hydrogen-bond donors (Lipinski definition) is 0. The van der Waals surface area contributed by atoms with Crippen molar-refractivity contribution in [3.63, 3.8) is 0 Å². The fourth-order valence-electron chi connectivity index (χ4n) is 0.789. The Kier molecular flexibility index (Phi) is 1.98. The number of hydrogen-bond acceptors (Lipinski definition) is 2. The number of ether oxygens (including phenoxy) is 2. The first-order valence-corrected chi connectivity index (χ1v) is 3.38. The lowest BCUT2D eigenvalue weighted by atomic mass is 10.1. The monoisotopic (exact) mass is 140 g/mol. The lowest BCUT2D eigenvalue weighted by Crippen LogP contribution is -2.38. The molecule has 56 valence electrons. The molecule has 0 atom stereocenters. The predicted octanol–water partition coefficient (Wildman–Crippen LogP) is 1.02. The first-order chi connectivity index (χ1) is 4.64. The third kappa shape index (κ3) is 1.73. The summed E-state index contributed by atoms with van der Waals surface area (Å²) in [6.45, 7) is 5.01. The van der Waals surface area contributed by atoms with Gasteiger partial charge in [-0.25, -0.2) is 0 Å². The molecule has 0 aromatic carbocycles. The van der Waals surface area contributed by atoms with Crippen molar-refractivity contribution >= 4 is 0 Å². The summed E-state index contributed by atoms with van der Waals surface area (Å²) in [5.41, 5.74) is 0. The SMILES string of the molecule is C#CC1COC(C)(C)OC1. The Bertz CT molecular complexity index is 145. The van der Waals surface area contributed by atoms with Crippen LogP contribution in [0.2, 0.25) is 0 Å². The second kappa shape index (κ2) is 2.61. The molecule has 1 rings (SSSR count). The summed E-state index contributed by atoms with van der Waals surface area (Å²) in [6.07, 6.45) is 5.18. The van der Waals surface area contributed by atoms with E-state index in [4.69, 9.17) is 15.9 Å².